The Bertz CT molecular complexity index is 290. The number of hydrogen-bond donors (Lipinski definition) is 1. The highest BCUT2D eigenvalue weighted by molar-refractivity contribution is 5.74. The minimum absolute atomic E-state index is 0.184. The molecule has 0 radical (unpaired) electrons. The predicted octanol–water partition coefficient (Wildman–Crippen LogP) is 3.46. The second kappa shape index (κ2) is 10.8. The van der Waals surface area contributed by atoms with E-state index < -0.39 is 23.1 Å². The molecular formula is C15H29NO4. The van der Waals surface area contributed by atoms with Gasteiger partial charge in [-0.2, -0.15) is 0 Å². The number of aliphatic carboxylic acids is 1. The molecule has 0 aliphatic carbocycles. The summed E-state index contributed by atoms with van der Waals surface area (Å²) in [7, 11) is 1.12. The van der Waals surface area contributed by atoms with Crippen LogP contribution in [0.25, 0.3) is 0 Å². The number of carboxylic acid groups (broad SMARTS) is 1. The molecule has 0 fully saturated rings. The van der Waals surface area contributed by atoms with Crippen LogP contribution in [0, 0.1) is 5.21 Å². The maximum absolute atomic E-state index is 11.7. The fraction of sp³-hybridized carbons (Fsp3) is 0.867. The summed E-state index contributed by atoms with van der Waals surface area (Å²) in [5.41, 5.74) is 0. The largest absolute Gasteiger partial charge is 0.625 e. The molecule has 1 unspecified atom stereocenters. The molecule has 118 valence electrons. The topological polar surface area (TPSA) is 77.4 Å². The molecule has 20 heavy (non-hydrogen) atoms. The van der Waals surface area contributed by atoms with Crippen LogP contribution < -0.4 is 0 Å². The van der Waals surface area contributed by atoms with E-state index >= 15 is 0 Å². The molecule has 0 saturated carbocycles. The van der Waals surface area contributed by atoms with Gasteiger partial charge in [-0.1, -0.05) is 58.3 Å². The van der Waals surface area contributed by atoms with Crippen LogP contribution in [0.2, 0.25) is 0 Å². The maximum Gasteiger partial charge on any atom is 0.360 e. The Morgan fingerprint density at radius 3 is 1.85 bits per heavy atom. The number of unbranched alkanes of at least 4 members (excludes halogenated alkanes) is 8. The molecule has 0 aromatic heterocycles. The SMILES string of the molecule is CCCCCCCCCCCC(=O)[N+](C)([O-])CC(=O)O. The second-order valence-electron chi connectivity index (χ2n) is 5.62. The third-order valence-electron chi connectivity index (χ3n) is 3.46. The zero-order chi connectivity index (χ0) is 15.4. The van der Waals surface area contributed by atoms with E-state index in [2.05, 4.69) is 6.92 Å². The van der Waals surface area contributed by atoms with Crippen molar-refractivity contribution in [3.8, 4) is 0 Å². The molecular weight excluding hydrogens is 258 g/mol. The molecule has 0 saturated heterocycles. The molecule has 0 rings (SSSR count). The molecule has 1 amide bonds. The number of carbonyl (C=O) groups is 2. The number of rotatable bonds is 12. The highest BCUT2D eigenvalue weighted by Crippen LogP contribution is 2.12. The van der Waals surface area contributed by atoms with Crippen molar-refractivity contribution < 1.29 is 19.3 Å². The van der Waals surface area contributed by atoms with Crippen molar-refractivity contribution in [1.29, 1.82) is 0 Å². The van der Waals surface area contributed by atoms with Gasteiger partial charge in [0.15, 0.2) is 6.54 Å². The van der Waals surface area contributed by atoms with E-state index in [4.69, 9.17) is 5.11 Å². The van der Waals surface area contributed by atoms with Gasteiger partial charge in [0.1, 0.15) is 0 Å². The fourth-order valence-corrected chi connectivity index (χ4v) is 2.17. The van der Waals surface area contributed by atoms with E-state index in [9.17, 15) is 14.8 Å². The number of hydroxylamine groups is 3. The molecule has 0 aromatic carbocycles. The summed E-state index contributed by atoms with van der Waals surface area (Å²) in [4.78, 5) is 22.1. The van der Waals surface area contributed by atoms with Crippen molar-refractivity contribution >= 4 is 11.9 Å². The Balaban J connectivity index is 3.55. The fourth-order valence-electron chi connectivity index (χ4n) is 2.17. The lowest BCUT2D eigenvalue weighted by Gasteiger charge is -2.33. The Kier molecular flexibility index (Phi) is 10.3. The second-order valence-corrected chi connectivity index (χ2v) is 5.62. The summed E-state index contributed by atoms with van der Waals surface area (Å²) >= 11 is 0. The number of hydrogen-bond acceptors (Lipinski definition) is 3. The van der Waals surface area contributed by atoms with Crippen molar-refractivity contribution in [3.63, 3.8) is 0 Å². The lowest BCUT2D eigenvalue weighted by Crippen LogP contribution is -2.47. The number of amides is 1. The maximum atomic E-state index is 11.7. The van der Waals surface area contributed by atoms with Crippen LogP contribution in [0.15, 0.2) is 0 Å². The van der Waals surface area contributed by atoms with Crippen LogP contribution in [0.1, 0.15) is 71.1 Å². The van der Waals surface area contributed by atoms with Crippen molar-refractivity contribution in [2.75, 3.05) is 13.6 Å². The summed E-state index contributed by atoms with van der Waals surface area (Å²) in [6.07, 6.45) is 10.4. The van der Waals surface area contributed by atoms with Gasteiger partial charge in [-0.3, -0.25) is 4.65 Å². The molecule has 5 heteroatoms. The number of carboxylic acids is 1. The molecule has 0 spiro atoms. The lowest BCUT2D eigenvalue weighted by molar-refractivity contribution is -0.775. The Labute approximate surface area is 122 Å². The average Bonchev–Trinajstić information content (AvgIpc) is 2.35. The van der Waals surface area contributed by atoms with Gasteiger partial charge in [0.25, 0.3) is 0 Å². The highest BCUT2D eigenvalue weighted by atomic mass is 16.6. The third-order valence-corrected chi connectivity index (χ3v) is 3.46. The van der Waals surface area contributed by atoms with E-state index in [-0.39, 0.29) is 6.42 Å². The summed E-state index contributed by atoms with van der Waals surface area (Å²) in [6, 6.07) is 0. The molecule has 0 aromatic rings. The smallest absolute Gasteiger partial charge is 0.360 e. The first-order chi connectivity index (χ1) is 9.40. The minimum Gasteiger partial charge on any atom is -0.625 e. The van der Waals surface area contributed by atoms with Gasteiger partial charge in [0.2, 0.25) is 0 Å². The monoisotopic (exact) mass is 287 g/mol. The molecule has 0 aliphatic rings. The van der Waals surface area contributed by atoms with Crippen LogP contribution in [0.4, 0.5) is 0 Å². The highest BCUT2D eigenvalue weighted by Gasteiger charge is 2.24. The van der Waals surface area contributed by atoms with Crippen molar-refractivity contribution in [2.24, 2.45) is 0 Å². The van der Waals surface area contributed by atoms with Gasteiger partial charge >= 0.3 is 11.9 Å². The first kappa shape index (κ1) is 19.1. The van der Waals surface area contributed by atoms with Crippen LogP contribution in [-0.2, 0) is 9.59 Å². The zero-order valence-electron chi connectivity index (χ0n) is 12.9. The van der Waals surface area contributed by atoms with E-state index in [0.717, 1.165) is 19.9 Å². The first-order valence-corrected chi connectivity index (χ1v) is 7.72. The average molecular weight is 287 g/mol. The van der Waals surface area contributed by atoms with Crippen molar-refractivity contribution in [1.82, 2.24) is 0 Å². The van der Waals surface area contributed by atoms with Crippen LogP contribution >= 0.6 is 0 Å². The normalized spacial score (nSPS) is 13.9. The van der Waals surface area contributed by atoms with Crippen LogP contribution in [-0.4, -0.2) is 35.2 Å². The Morgan fingerprint density at radius 1 is 0.950 bits per heavy atom. The van der Waals surface area contributed by atoms with Gasteiger partial charge < -0.3 is 10.3 Å². The van der Waals surface area contributed by atoms with E-state index in [0.29, 0.717) is 6.42 Å². The van der Waals surface area contributed by atoms with Crippen LogP contribution in [0.3, 0.4) is 0 Å². The summed E-state index contributed by atoms with van der Waals surface area (Å²) in [6.45, 7) is 1.51. The predicted molar refractivity (Wildman–Crippen MR) is 78.9 cm³/mol. The molecule has 1 N–H and O–H groups in total. The molecule has 0 aliphatic heterocycles. The van der Waals surface area contributed by atoms with E-state index in [1.165, 1.54) is 38.5 Å². The summed E-state index contributed by atoms with van der Waals surface area (Å²) in [5.74, 6) is -1.77. The van der Waals surface area contributed by atoms with Gasteiger partial charge in [0.05, 0.1) is 13.5 Å². The summed E-state index contributed by atoms with van der Waals surface area (Å²) < 4.78 is -1.30. The third kappa shape index (κ3) is 9.92. The number of carbonyl (C=O) groups excluding carboxylic acids is 1. The van der Waals surface area contributed by atoms with E-state index in [1.54, 1.807) is 0 Å². The van der Waals surface area contributed by atoms with Gasteiger partial charge in [-0.15, -0.1) is 0 Å². The lowest BCUT2D eigenvalue weighted by atomic mass is 10.1. The van der Waals surface area contributed by atoms with Crippen molar-refractivity contribution in [3.05, 3.63) is 5.21 Å². The van der Waals surface area contributed by atoms with Gasteiger partial charge in [-0.25, -0.2) is 9.59 Å². The zero-order valence-corrected chi connectivity index (χ0v) is 12.9. The molecule has 5 nitrogen and oxygen atoms in total. The molecule has 0 heterocycles. The molecule has 1 atom stereocenters. The van der Waals surface area contributed by atoms with Crippen molar-refractivity contribution in [2.45, 2.75) is 71.1 Å². The summed E-state index contributed by atoms with van der Waals surface area (Å²) in [5, 5.41) is 20.2. The number of nitrogens with zero attached hydrogens (tertiary/aromatic N) is 1. The Morgan fingerprint density at radius 2 is 1.40 bits per heavy atom. The number of likely N-dealkylation sites (N-methyl/N-ethyl adjacent to an activating group) is 1. The van der Waals surface area contributed by atoms with Gasteiger partial charge in [0, 0.05) is 0 Å². The van der Waals surface area contributed by atoms with Crippen LogP contribution in [0.5, 0.6) is 0 Å². The minimum atomic E-state index is -1.30. The standard InChI is InChI=1S/C15H29NO4/c1-3-4-5-6-7-8-9-10-11-12-14(17)16(2,20)13-15(18)19/h3-13H2,1-2H3,(H,18,19). The number of quaternary nitrogens is 1. The Hall–Kier alpha value is -0.940. The first-order valence-electron chi connectivity index (χ1n) is 7.72. The quantitative estimate of drug-likeness (QED) is 0.339. The molecule has 0 bridgehead atoms. The van der Waals surface area contributed by atoms with Gasteiger partial charge in [-0.05, 0) is 6.42 Å². The van der Waals surface area contributed by atoms with E-state index in [1.807, 2.05) is 0 Å².